The van der Waals surface area contributed by atoms with Crippen molar-refractivity contribution in [3.05, 3.63) is 23.4 Å². The number of rotatable bonds is 1. The molecule has 0 radical (unpaired) electrons. The van der Waals surface area contributed by atoms with Crippen molar-refractivity contribution in [3.63, 3.8) is 0 Å². The average Bonchev–Trinajstić information content (AvgIpc) is 2.37. The molecular formula is C11H9F3N4O. The second-order valence-electron chi connectivity index (χ2n) is 3.95. The van der Waals surface area contributed by atoms with Crippen LogP contribution in [-0.2, 0) is 11.0 Å². The van der Waals surface area contributed by atoms with E-state index in [-0.39, 0.29) is 23.8 Å². The first-order valence-electron chi connectivity index (χ1n) is 5.42. The zero-order valence-electron chi connectivity index (χ0n) is 9.66. The zero-order valence-corrected chi connectivity index (χ0v) is 9.66. The number of amides is 1. The van der Waals surface area contributed by atoms with Crippen molar-refractivity contribution in [2.75, 3.05) is 24.5 Å². The third kappa shape index (κ3) is 2.76. The highest BCUT2D eigenvalue weighted by atomic mass is 19.4. The number of anilines is 1. The number of aromatic nitrogens is 1. The highest BCUT2D eigenvalue weighted by Gasteiger charge is 2.34. The largest absolute Gasteiger partial charge is 0.433 e. The van der Waals surface area contributed by atoms with Crippen molar-refractivity contribution in [3.8, 4) is 6.07 Å². The summed E-state index contributed by atoms with van der Waals surface area (Å²) in [4.78, 5) is 16.1. The molecule has 1 aliphatic heterocycles. The topological polar surface area (TPSA) is 69.0 Å². The van der Waals surface area contributed by atoms with Crippen LogP contribution in [0.5, 0.6) is 0 Å². The van der Waals surface area contributed by atoms with Crippen molar-refractivity contribution in [1.29, 1.82) is 5.26 Å². The lowest BCUT2D eigenvalue weighted by atomic mass is 10.2. The Morgan fingerprint density at radius 3 is 2.74 bits per heavy atom. The van der Waals surface area contributed by atoms with Crippen LogP contribution in [0.3, 0.4) is 0 Å². The molecule has 1 fully saturated rings. The van der Waals surface area contributed by atoms with Crippen LogP contribution in [0.1, 0.15) is 11.3 Å². The maximum absolute atomic E-state index is 12.6. The summed E-state index contributed by atoms with van der Waals surface area (Å²) in [6, 6.07) is 3.61. The third-order valence-electron chi connectivity index (χ3n) is 2.62. The molecule has 2 heterocycles. The number of carbonyl (C=O) groups is 1. The molecule has 1 aromatic heterocycles. The zero-order chi connectivity index (χ0) is 14.0. The van der Waals surface area contributed by atoms with E-state index in [0.717, 1.165) is 12.1 Å². The van der Waals surface area contributed by atoms with Crippen molar-refractivity contribution in [2.24, 2.45) is 0 Å². The van der Waals surface area contributed by atoms with E-state index in [0.29, 0.717) is 13.1 Å². The van der Waals surface area contributed by atoms with Gasteiger partial charge in [-0.3, -0.25) is 4.79 Å². The number of carbonyl (C=O) groups excluding carboxylic acids is 1. The Kier molecular flexibility index (Phi) is 3.29. The summed E-state index contributed by atoms with van der Waals surface area (Å²) in [5, 5.41) is 11.5. The van der Waals surface area contributed by atoms with Crippen molar-refractivity contribution >= 4 is 11.7 Å². The Balaban J connectivity index is 2.42. The van der Waals surface area contributed by atoms with Crippen LogP contribution in [0.15, 0.2) is 12.1 Å². The number of nitrogens with one attached hydrogen (secondary N) is 1. The summed E-state index contributed by atoms with van der Waals surface area (Å²) in [5.41, 5.74) is -1.06. The van der Waals surface area contributed by atoms with Gasteiger partial charge in [0.15, 0.2) is 0 Å². The fraction of sp³-hybridized carbons (Fsp3) is 0.364. The molecule has 1 aromatic rings. The van der Waals surface area contributed by atoms with Crippen LogP contribution in [0, 0.1) is 11.3 Å². The first-order valence-corrected chi connectivity index (χ1v) is 5.42. The lowest BCUT2D eigenvalue weighted by molar-refractivity contribution is -0.141. The molecule has 1 saturated heterocycles. The van der Waals surface area contributed by atoms with Gasteiger partial charge in [-0.05, 0) is 12.1 Å². The molecule has 0 bridgehead atoms. The van der Waals surface area contributed by atoms with Crippen LogP contribution >= 0.6 is 0 Å². The van der Waals surface area contributed by atoms with E-state index >= 15 is 0 Å². The van der Waals surface area contributed by atoms with E-state index < -0.39 is 11.9 Å². The summed E-state index contributed by atoms with van der Waals surface area (Å²) >= 11 is 0. The highest BCUT2D eigenvalue weighted by Crippen LogP contribution is 2.30. The van der Waals surface area contributed by atoms with Crippen LogP contribution in [0.25, 0.3) is 0 Å². The van der Waals surface area contributed by atoms with Gasteiger partial charge in [0.2, 0.25) is 5.91 Å². The van der Waals surface area contributed by atoms with Crippen molar-refractivity contribution in [2.45, 2.75) is 6.18 Å². The van der Waals surface area contributed by atoms with Gasteiger partial charge in [0, 0.05) is 13.1 Å². The van der Waals surface area contributed by atoms with Crippen LogP contribution in [0.4, 0.5) is 19.0 Å². The molecule has 0 atom stereocenters. The maximum atomic E-state index is 12.6. The molecule has 2 rings (SSSR count). The number of hydrogen-bond donors (Lipinski definition) is 1. The van der Waals surface area contributed by atoms with Crippen molar-refractivity contribution in [1.82, 2.24) is 10.3 Å². The molecule has 0 saturated carbocycles. The molecule has 1 N–H and O–H groups in total. The SMILES string of the molecule is N#Cc1ccc(C(F)(F)F)nc1N1CCNC(=O)C1. The number of pyridine rings is 1. The van der Waals surface area contributed by atoms with Crippen LogP contribution in [0.2, 0.25) is 0 Å². The summed E-state index contributed by atoms with van der Waals surface area (Å²) < 4.78 is 37.8. The molecule has 0 spiro atoms. The minimum absolute atomic E-state index is 0.0164. The molecule has 5 nitrogen and oxygen atoms in total. The molecule has 0 aliphatic carbocycles. The quantitative estimate of drug-likeness (QED) is 0.823. The van der Waals surface area contributed by atoms with E-state index in [2.05, 4.69) is 10.3 Å². The van der Waals surface area contributed by atoms with Gasteiger partial charge in [-0.25, -0.2) is 4.98 Å². The smallest absolute Gasteiger partial charge is 0.353 e. The van der Waals surface area contributed by atoms with Gasteiger partial charge in [-0.15, -0.1) is 0 Å². The van der Waals surface area contributed by atoms with Gasteiger partial charge >= 0.3 is 6.18 Å². The van der Waals surface area contributed by atoms with Crippen LogP contribution < -0.4 is 10.2 Å². The van der Waals surface area contributed by atoms with Gasteiger partial charge < -0.3 is 10.2 Å². The highest BCUT2D eigenvalue weighted by molar-refractivity contribution is 5.82. The molecular weight excluding hydrogens is 261 g/mol. The minimum Gasteiger partial charge on any atom is -0.353 e. The second kappa shape index (κ2) is 4.76. The number of piperazine rings is 1. The summed E-state index contributed by atoms with van der Waals surface area (Å²) in [7, 11) is 0. The number of halogens is 3. The summed E-state index contributed by atoms with van der Waals surface area (Å²) in [6.45, 7) is 0.513. The molecule has 8 heteroatoms. The Hall–Kier alpha value is -2.30. The Morgan fingerprint density at radius 1 is 1.42 bits per heavy atom. The second-order valence-corrected chi connectivity index (χ2v) is 3.95. The fourth-order valence-corrected chi connectivity index (χ4v) is 1.75. The third-order valence-corrected chi connectivity index (χ3v) is 2.62. The van der Waals surface area contributed by atoms with Crippen molar-refractivity contribution < 1.29 is 18.0 Å². The van der Waals surface area contributed by atoms with Gasteiger partial charge in [-0.1, -0.05) is 0 Å². The molecule has 19 heavy (non-hydrogen) atoms. The summed E-state index contributed by atoms with van der Waals surface area (Å²) in [6.07, 6.45) is -4.58. The van der Waals surface area contributed by atoms with Crippen LogP contribution in [-0.4, -0.2) is 30.5 Å². The lowest BCUT2D eigenvalue weighted by Crippen LogP contribution is -2.48. The molecule has 0 aromatic carbocycles. The number of hydrogen-bond acceptors (Lipinski definition) is 4. The van der Waals surface area contributed by atoms with E-state index in [1.54, 1.807) is 6.07 Å². The van der Waals surface area contributed by atoms with E-state index in [1.807, 2.05) is 0 Å². The molecule has 1 aliphatic rings. The first-order chi connectivity index (χ1) is 8.91. The fourth-order valence-electron chi connectivity index (χ4n) is 1.75. The van der Waals surface area contributed by atoms with E-state index in [4.69, 9.17) is 5.26 Å². The van der Waals surface area contributed by atoms with E-state index in [9.17, 15) is 18.0 Å². The standard InChI is InChI=1S/C11H9F3N4O/c12-11(13,14)8-2-1-7(5-15)10(17-8)18-4-3-16-9(19)6-18/h1-2H,3-4,6H2,(H,16,19). The first kappa shape index (κ1) is 13.1. The molecule has 0 unspecified atom stereocenters. The van der Waals surface area contributed by atoms with Gasteiger partial charge in [0.25, 0.3) is 0 Å². The van der Waals surface area contributed by atoms with Gasteiger partial charge in [-0.2, -0.15) is 18.4 Å². The predicted molar refractivity (Wildman–Crippen MR) is 59.2 cm³/mol. The number of nitrogens with zero attached hydrogens (tertiary/aromatic N) is 3. The van der Waals surface area contributed by atoms with E-state index in [1.165, 1.54) is 4.90 Å². The molecule has 1 amide bonds. The normalized spacial score (nSPS) is 15.9. The summed E-state index contributed by atoms with van der Waals surface area (Å²) in [5.74, 6) is -0.415. The number of nitriles is 1. The Morgan fingerprint density at radius 2 is 2.16 bits per heavy atom. The number of alkyl halides is 3. The Bertz CT molecular complexity index is 550. The average molecular weight is 270 g/mol. The lowest BCUT2D eigenvalue weighted by Gasteiger charge is -2.28. The maximum Gasteiger partial charge on any atom is 0.433 e. The monoisotopic (exact) mass is 270 g/mol. The molecule has 100 valence electrons. The minimum atomic E-state index is -4.58. The predicted octanol–water partition coefficient (Wildman–Crippen LogP) is 0.908. The van der Waals surface area contributed by atoms with Gasteiger partial charge in [0.1, 0.15) is 17.6 Å². The Labute approximate surface area is 106 Å². The van der Waals surface area contributed by atoms with Gasteiger partial charge in [0.05, 0.1) is 12.1 Å².